The van der Waals surface area contributed by atoms with Crippen LogP contribution in [0.2, 0.25) is 5.02 Å². The summed E-state index contributed by atoms with van der Waals surface area (Å²) in [6, 6.07) is 5.28. The van der Waals surface area contributed by atoms with Crippen molar-refractivity contribution in [3.8, 4) is 11.1 Å². The first-order chi connectivity index (χ1) is 7.66. The van der Waals surface area contributed by atoms with Gasteiger partial charge in [-0.05, 0) is 17.2 Å². The van der Waals surface area contributed by atoms with E-state index in [2.05, 4.69) is 10.2 Å². The average molecular weight is 257 g/mol. The largest absolute Gasteiger partial charge is 0.285 e. The summed E-state index contributed by atoms with van der Waals surface area (Å²) in [6.07, 6.45) is 3.43. The highest BCUT2D eigenvalue weighted by Gasteiger charge is 2.05. The Balaban J connectivity index is 2.36. The molecule has 1 aromatic heterocycles. The average Bonchev–Trinajstić information content (AvgIpc) is 2.73. The molecule has 0 spiro atoms. The number of aromatic nitrogens is 2. The number of nitrogens with one attached hydrogen (secondary N) is 1. The van der Waals surface area contributed by atoms with E-state index in [1.807, 2.05) is 6.07 Å². The minimum Gasteiger partial charge on any atom is -0.285 e. The maximum absolute atomic E-state index is 10.6. The van der Waals surface area contributed by atoms with Gasteiger partial charge in [-0.25, -0.2) is 8.42 Å². The molecule has 1 heterocycles. The van der Waals surface area contributed by atoms with Crippen LogP contribution < -0.4 is 0 Å². The Bertz CT molecular complexity index is 556. The van der Waals surface area contributed by atoms with Crippen molar-refractivity contribution < 1.29 is 8.42 Å². The fourth-order valence-electron chi connectivity index (χ4n) is 1.40. The second-order valence-electron chi connectivity index (χ2n) is 3.28. The van der Waals surface area contributed by atoms with Gasteiger partial charge >= 0.3 is 0 Å². The topological polar surface area (TPSA) is 62.8 Å². The van der Waals surface area contributed by atoms with Gasteiger partial charge in [-0.2, -0.15) is 5.10 Å². The summed E-state index contributed by atoms with van der Waals surface area (Å²) < 4.78 is 21.2. The van der Waals surface area contributed by atoms with E-state index in [1.165, 1.54) is 0 Å². The van der Waals surface area contributed by atoms with E-state index in [0.29, 0.717) is 10.6 Å². The van der Waals surface area contributed by atoms with Gasteiger partial charge in [0.05, 0.1) is 11.9 Å². The summed E-state index contributed by atoms with van der Waals surface area (Å²) in [7, 11) is -2.45. The molecule has 1 aromatic carbocycles. The Kier molecular flexibility index (Phi) is 3.26. The number of hydrogen-bond acceptors (Lipinski definition) is 3. The number of benzene rings is 1. The van der Waals surface area contributed by atoms with Crippen molar-refractivity contribution in [2.45, 2.75) is 5.75 Å². The first kappa shape index (κ1) is 11.2. The molecule has 4 nitrogen and oxygen atoms in total. The van der Waals surface area contributed by atoms with Gasteiger partial charge < -0.3 is 0 Å². The predicted molar refractivity (Wildman–Crippen MR) is 63.1 cm³/mol. The maximum Gasteiger partial charge on any atom is 0.144 e. The lowest BCUT2D eigenvalue weighted by molar-refractivity contribution is 0.614. The fourth-order valence-corrected chi connectivity index (χ4v) is 2.30. The molecule has 0 saturated carbocycles. The molecule has 1 N–H and O–H groups in total. The van der Waals surface area contributed by atoms with Gasteiger partial charge in [0.15, 0.2) is 0 Å². The quantitative estimate of drug-likeness (QED) is 0.824. The summed E-state index contributed by atoms with van der Waals surface area (Å²) in [6.45, 7) is 0. The van der Waals surface area contributed by atoms with Crippen LogP contribution in [0.15, 0.2) is 30.6 Å². The highest BCUT2D eigenvalue weighted by Crippen LogP contribution is 2.25. The van der Waals surface area contributed by atoms with Crippen molar-refractivity contribution in [3.05, 3.63) is 41.2 Å². The van der Waals surface area contributed by atoms with E-state index in [9.17, 15) is 8.42 Å². The van der Waals surface area contributed by atoms with Crippen molar-refractivity contribution in [1.29, 1.82) is 0 Å². The van der Waals surface area contributed by atoms with Crippen LogP contribution in [0, 0.1) is 0 Å². The molecule has 0 atom stereocenters. The molecule has 84 valence electrons. The Labute approximate surface area is 99.2 Å². The second-order valence-corrected chi connectivity index (χ2v) is 4.67. The van der Waals surface area contributed by atoms with Gasteiger partial charge in [-0.15, -0.1) is 0 Å². The van der Waals surface area contributed by atoms with Crippen LogP contribution >= 0.6 is 11.6 Å². The smallest absolute Gasteiger partial charge is 0.144 e. The first-order valence-electron chi connectivity index (χ1n) is 4.56. The number of rotatable bonds is 3. The van der Waals surface area contributed by atoms with E-state index in [-0.39, 0.29) is 5.75 Å². The molecule has 0 bridgehead atoms. The van der Waals surface area contributed by atoms with Gasteiger partial charge in [0.1, 0.15) is 10.7 Å². The van der Waals surface area contributed by atoms with E-state index in [0.717, 1.165) is 11.1 Å². The summed E-state index contributed by atoms with van der Waals surface area (Å²) >= 11 is 5.99. The minimum atomic E-state index is -2.45. The Morgan fingerprint density at radius 3 is 2.69 bits per heavy atom. The predicted octanol–water partition coefficient (Wildman–Crippen LogP) is 1.84. The fraction of sp³-hybridized carbons (Fsp3) is 0.100. The van der Waals surface area contributed by atoms with Crippen LogP contribution in [0.5, 0.6) is 0 Å². The van der Waals surface area contributed by atoms with Gasteiger partial charge in [0, 0.05) is 16.8 Å². The monoisotopic (exact) mass is 256 g/mol. The molecular formula is C10H9ClN2O2S. The van der Waals surface area contributed by atoms with E-state index >= 15 is 0 Å². The molecule has 2 aromatic rings. The van der Waals surface area contributed by atoms with Gasteiger partial charge in [0.2, 0.25) is 0 Å². The number of halogens is 1. The number of aromatic amines is 1. The molecule has 0 amide bonds. The summed E-state index contributed by atoms with van der Waals surface area (Å²) in [5.41, 5.74) is 2.44. The van der Waals surface area contributed by atoms with Crippen LogP contribution in [0.3, 0.4) is 0 Å². The van der Waals surface area contributed by atoms with Crippen LogP contribution in [0.4, 0.5) is 0 Å². The van der Waals surface area contributed by atoms with Gasteiger partial charge in [-0.3, -0.25) is 5.10 Å². The molecule has 0 saturated heterocycles. The Hall–Kier alpha value is -1.33. The lowest BCUT2D eigenvalue weighted by Gasteiger charge is -2.02. The van der Waals surface area contributed by atoms with Crippen LogP contribution in [-0.4, -0.2) is 18.6 Å². The number of nitrogens with zero attached hydrogens (tertiary/aromatic N) is 1. The lowest BCUT2D eigenvalue weighted by Crippen LogP contribution is -1.88. The normalized spacial score (nSPS) is 10.9. The number of hydrogen-bond donors (Lipinski definition) is 2. The molecule has 2 rings (SSSR count). The van der Waals surface area contributed by atoms with Crippen molar-refractivity contribution in [3.63, 3.8) is 0 Å². The van der Waals surface area contributed by atoms with Crippen LogP contribution in [-0.2, 0) is 16.5 Å². The van der Waals surface area contributed by atoms with E-state index in [4.69, 9.17) is 11.6 Å². The third kappa shape index (κ3) is 2.43. The van der Waals surface area contributed by atoms with E-state index in [1.54, 1.807) is 24.5 Å². The van der Waals surface area contributed by atoms with Crippen molar-refractivity contribution >= 4 is 22.3 Å². The van der Waals surface area contributed by atoms with Crippen molar-refractivity contribution in [2.24, 2.45) is 0 Å². The zero-order valence-corrected chi connectivity index (χ0v) is 9.83. The third-order valence-electron chi connectivity index (χ3n) is 2.18. The molecule has 6 heteroatoms. The molecule has 0 unspecified atom stereocenters. The third-order valence-corrected chi connectivity index (χ3v) is 3.13. The molecule has 0 aliphatic heterocycles. The Morgan fingerprint density at radius 2 is 2.12 bits per heavy atom. The van der Waals surface area contributed by atoms with Crippen molar-refractivity contribution in [2.75, 3.05) is 0 Å². The molecule has 0 radical (unpaired) electrons. The Morgan fingerprint density at radius 1 is 1.31 bits per heavy atom. The molecule has 16 heavy (non-hydrogen) atoms. The van der Waals surface area contributed by atoms with Crippen LogP contribution in [0.1, 0.15) is 5.56 Å². The number of H-pyrrole nitrogens is 1. The molecule has 0 fully saturated rings. The highest BCUT2D eigenvalue weighted by atomic mass is 35.5. The minimum absolute atomic E-state index is 0.0279. The second kappa shape index (κ2) is 4.67. The number of thiol groups is 1. The highest BCUT2D eigenvalue weighted by molar-refractivity contribution is 7.71. The molecule has 0 aliphatic rings. The lowest BCUT2D eigenvalue weighted by atomic mass is 10.1. The van der Waals surface area contributed by atoms with Crippen LogP contribution in [0.25, 0.3) is 11.1 Å². The first-order valence-corrected chi connectivity index (χ1v) is 6.30. The SMILES string of the molecule is O=[SH](=O)Cc1ccc(-c2cn[nH]c2)cc1Cl. The maximum atomic E-state index is 10.6. The van der Waals surface area contributed by atoms with Crippen molar-refractivity contribution in [1.82, 2.24) is 10.2 Å². The zero-order chi connectivity index (χ0) is 11.5. The molecule has 0 aliphatic carbocycles. The summed E-state index contributed by atoms with van der Waals surface area (Å²) in [4.78, 5) is 0. The molecular weight excluding hydrogens is 248 g/mol. The van der Waals surface area contributed by atoms with Gasteiger partial charge in [0.25, 0.3) is 0 Å². The zero-order valence-electron chi connectivity index (χ0n) is 8.18. The summed E-state index contributed by atoms with van der Waals surface area (Å²) in [5.74, 6) is -0.0279. The van der Waals surface area contributed by atoms with Gasteiger partial charge in [-0.1, -0.05) is 23.7 Å². The standard InChI is InChI=1S/C10H9ClN2O2S/c11-10-3-7(9-4-12-13-5-9)1-2-8(10)6-16(14)15/h1-5,16H,6H2,(H,12,13). The van der Waals surface area contributed by atoms with E-state index < -0.39 is 10.7 Å². The summed E-state index contributed by atoms with van der Waals surface area (Å²) in [5, 5.41) is 7.00.